The summed E-state index contributed by atoms with van der Waals surface area (Å²) in [4.78, 5) is 4.57. The highest BCUT2D eigenvalue weighted by atomic mass is 32.2. The summed E-state index contributed by atoms with van der Waals surface area (Å²) >= 11 is 1.91. The molecule has 0 aliphatic carbocycles. The Morgan fingerprint density at radius 2 is 2.06 bits per heavy atom. The zero-order valence-corrected chi connectivity index (χ0v) is 11.6. The van der Waals surface area contributed by atoms with Crippen molar-refractivity contribution < 1.29 is 0 Å². The number of nitrogens with one attached hydrogen (secondary N) is 1. The monoisotopic (exact) mass is 250 g/mol. The fourth-order valence-electron chi connectivity index (χ4n) is 2.38. The van der Waals surface area contributed by atoms with Crippen LogP contribution in [0.2, 0.25) is 0 Å². The highest BCUT2D eigenvalue weighted by Crippen LogP contribution is 2.23. The Balaban J connectivity index is 1.77. The van der Waals surface area contributed by atoms with Crippen LogP contribution in [0.4, 0.5) is 0 Å². The third kappa shape index (κ3) is 4.32. The van der Waals surface area contributed by atoms with Crippen LogP contribution in [0.25, 0.3) is 0 Å². The first-order valence-corrected chi connectivity index (χ1v) is 7.51. The molecule has 1 fully saturated rings. The van der Waals surface area contributed by atoms with Crippen LogP contribution in [0.1, 0.15) is 30.5 Å². The molecule has 1 aliphatic heterocycles. The molecule has 17 heavy (non-hydrogen) atoms. The summed E-state index contributed by atoms with van der Waals surface area (Å²) in [5, 5.41) is 4.61. The van der Waals surface area contributed by atoms with Crippen LogP contribution in [0.15, 0.2) is 17.2 Å². The zero-order chi connectivity index (χ0) is 12.1. The van der Waals surface area contributed by atoms with Gasteiger partial charge in [0.15, 0.2) is 0 Å². The molecule has 1 aromatic heterocycles. The lowest BCUT2D eigenvalue weighted by Crippen LogP contribution is -2.27. The van der Waals surface area contributed by atoms with E-state index in [2.05, 4.69) is 36.3 Å². The maximum Gasteiger partial charge on any atom is 0.0965 e. The van der Waals surface area contributed by atoms with Gasteiger partial charge in [-0.2, -0.15) is 0 Å². The molecule has 1 saturated heterocycles. The van der Waals surface area contributed by atoms with Crippen molar-refractivity contribution in [2.24, 2.45) is 5.92 Å². The lowest BCUT2D eigenvalue weighted by molar-refractivity contribution is 0.367. The van der Waals surface area contributed by atoms with Crippen molar-refractivity contribution in [2.75, 3.05) is 18.8 Å². The molecule has 3 heteroatoms. The molecule has 0 atom stereocenters. The SMILES string of the molecule is Cc1cc(C)nc(SCCC2CCNCC2)c1. The molecule has 1 aromatic rings. The molecule has 0 unspecified atom stereocenters. The Hall–Kier alpha value is -0.540. The number of piperidine rings is 1. The standard InChI is InChI=1S/C14H22N2S/c1-11-9-12(2)16-14(10-11)17-8-5-13-3-6-15-7-4-13/h9-10,13,15H,3-8H2,1-2H3. The van der Waals surface area contributed by atoms with E-state index in [9.17, 15) is 0 Å². The molecule has 2 nitrogen and oxygen atoms in total. The maximum atomic E-state index is 4.57. The molecular weight excluding hydrogens is 228 g/mol. The summed E-state index contributed by atoms with van der Waals surface area (Å²) in [6, 6.07) is 4.33. The molecule has 2 rings (SSSR count). The van der Waals surface area contributed by atoms with E-state index in [1.807, 2.05) is 11.8 Å². The predicted octanol–water partition coefficient (Wildman–Crippen LogP) is 3.18. The van der Waals surface area contributed by atoms with Gasteiger partial charge in [0.1, 0.15) is 0 Å². The first-order valence-electron chi connectivity index (χ1n) is 6.53. The lowest BCUT2D eigenvalue weighted by Gasteiger charge is -2.22. The summed E-state index contributed by atoms with van der Waals surface area (Å²) in [5.41, 5.74) is 2.45. The summed E-state index contributed by atoms with van der Waals surface area (Å²) in [5.74, 6) is 2.13. The number of nitrogens with zero attached hydrogens (tertiary/aromatic N) is 1. The molecule has 1 aliphatic rings. The number of aromatic nitrogens is 1. The van der Waals surface area contributed by atoms with Gasteiger partial charge in [0.05, 0.1) is 5.03 Å². The van der Waals surface area contributed by atoms with Crippen molar-refractivity contribution in [3.8, 4) is 0 Å². The van der Waals surface area contributed by atoms with E-state index in [1.165, 1.54) is 48.7 Å². The molecule has 1 N–H and O–H groups in total. The number of hydrogen-bond acceptors (Lipinski definition) is 3. The third-order valence-corrected chi connectivity index (χ3v) is 4.25. The average Bonchev–Trinajstić information content (AvgIpc) is 2.29. The van der Waals surface area contributed by atoms with E-state index in [0.29, 0.717) is 0 Å². The van der Waals surface area contributed by atoms with Gasteiger partial charge in [-0.05, 0) is 75.6 Å². The molecule has 0 saturated carbocycles. The predicted molar refractivity (Wildman–Crippen MR) is 74.6 cm³/mol. The summed E-state index contributed by atoms with van der Waals surface area (Å²) in [6.07, 6.45) is 4.03. The van der Waals surface area contributed by atoms with Gasteiger partial charge in [0, 0.05) is 5.69 Å². The maximum absolute atomic E-state index is 4.57. The van der Waals surface area contributed by atoms with Crippen LogP contribution in [0.3, 0.4) is 0 Å². The van der Waals surface area contributed by atoms with Crippen molar-refractivity contribution in [1.82, 2.24) is 10.3 Å². The van der Waals surface area contributed by atoms with E-state index in [0.717, 1.165) is 11.6 Å². The molecule has 0 radical (unpaired) electrons. The first kappa shape index (κ1) is 12.9. The minimum atomic E-state index is 0.926. The van der Waals surface area contributed by atoms with E-state index >= 15 is 0 Å². The van der Waals surface area contributed by atoms with Crippen LogP contribution < -0.4 is 5.32 Å². The van der Waals surface area contributed by atoms with Crippen molar-refractivity contribution >= 4 is 11.8 Å². The number of pyridine rings is 1. The Labute approximate surface area is 109 Å². The summed E-state index contributed by atoms with van der Waals surface area (Å²) < 4.78 is 0. The Kier molecular flexibility index (Phi) is 4.86. The van der Waals surface area contributed by atoms with E-state index in [1.54, 1.807) is 0 Å². The molecule has 0 bridgehead atoms. The minimum Gasteiger partial charge on any atom is -0.317 e. The molecule has 0 spiro atoms. The van der Waals surface area contributed by atoms with E-state index < -0.39 is 0 Å². The topological polar surface area (TPSA) is 24.9 Å². The fraction of sp³-hybridized carbons (Fsp3) is 0.643. The second-order valence-electron chi connectivity index (χ2n) is 4.95. The Morgan fingerprint density at radius 1 is 1.29 bits per heavy atom. The van der Waals surface area contributed by atoms with Crippen LogP contribution >= 0.6 is 11.8 Å². The van der Waals surface area contributed by atoms with Crippen LogP contribution in [-0.4, -0.2) is 23.8 Å². The zero-order valence-electron chi connectivity index (χ0n) is 10.8. The summed E-state index contributed by atoms with van der Waals surface area (Å²) in [7, 11) is 0. The molecule has 2 heterocycles. The second-order valence-corrected chi connectivity index (χ2v) is 6.07. The second kappa shape index (κ2) is 6.41. The molecule has 94 valence electrons. The van der Waals surface area contributed by atoms with Gasteiger partial charge in [-0.3, -0.25) is 0 Å². The van der Waals surface area contributed by atoms with Crippen molar-refractivity contribution in [2.45, 2.75) is 38.1 Å². The van der Waals surface area contributed by atoms with Gasteiger partial charge in [-0.15, -0.1) is 11.8 Å². The van der Waals surface area contributed by atoms with Gasteiger partial charge in [0.25, 0.3) is 0 Å². The largest absolute Gasteiger partial charge is 0.317 e. The van der Waals surface area contributed by atoms with Gasteiger partial charge in [-0.25, -0.2) is 4.98 Å². The number of rotatable bonds is 4. The molecular formula is C14H22N2S. The quantitative estimate of drug-likeness (QED) is 0.831. The van der Waals surface area contributed by atoms with Crippen molar-refractivity contribution in [3.05, 3.63) is 23.4 Å². The van der Waals surface area contributed by atoms with Crippen molar-refractivity contribution in [1.29, 1.82) is 0 Å². The fourth-order valence-corrected chi connectivity index (χ4v) is 3.52. The molecule has 0 aromatic carbocycles. The smallest absolute Gasteiger partial charge is 0.0965 e. The number of thioether (sulfide) groups is 1. The number of hydrogen-bond donors (Lipinski definition) is 1. The Morgan fingerprint density at radius 3 is 2.76 bits per heavy atom. The van der Waals surface area contributed by atoms with Crippen molar-refractivity contribution in [3.63, 3.8) is 0 Å². The van der Waals surface area contributed by atoms with Gasteiger partial charge < -0.3 is 5.32 Å². The van der Waals surface area contributed by atoms with Gasteiger partial charge in [-0.1, -0.05) is 0 Å². The lowest BCUT2D eigenvalue weighted by atomic mass is 9.96. The molecule has 0 amide bonds. The first-order chi connectivity index (χ1) is 8.24. The van der Waals surface area contributed by atoms with Crippen LogP contribution in [-0.2, 0) is 0 Å². The van der Waals surface area contributed by atoms with Crippen LogP contribution in [0.5, 0.6) is 0 Å². The van der Waals surface area contributed by atoms with Crippen LogP contribution in [0, 0.1) is 19.8 Å². The summed E-state index contributed by atoms with van der Waals surface area (Å²) in [6.45, 7) is 6.63. The third-order valence-electron chi connectivity index (χ3n) is 3.31. The normalized spacial score (nSPS) is 17.3. The van der Waals surface area contributed by atoms with E-state index in [4.69, 9.17) is 0 Å². The minimum absolute atomic E-state index is 0.926. The average molecular weight is 250 g/mol. The Bertz CT molecular complexity index is 339. The highest BCUT2D eigenvalue weighted by Gasteiger charge is 2.12. The number of aryl methyl sites for hydroxylation is 2. The van der Waals surface area contributed by atoms with Gasteiger partial charge >= 0.3 is 0 Å². The highest BCUT2D eigenvalue weighted by molar-refractivity contribution is 7.99. The van der Waals surface area contributed by atoms with Gasteiger partial charge in [0.2, 0.25) is 0 Å². The van der Waals surface area contributed by atoms with E-state index in [-0.39, 0.29) is 0 Å².